The Balaban J connectivity index is 1.51. The third-order valence-electron chi connectivity index (χ3n) is 3.61. The second kappa shape index (κ2) is 6.45. The number of nitrogens with zero attached hydrogens (tertiary/aromatic N) is 3. The van der Waals surface area contributed by atoms with E-state index in [4.69, 9.17) is 9.15 Å². The molecular formula is C18H13N3O3S. The zero-order valence-electron chi connectivity index (χ0n) is 13.2. The number of hydrogen-bond donors (Lipinski definition) is 0. The van der Waals surface area contributed by atoms with Gasteiger partial charge in [-0.1, -0.05) is 30.3 Å². The van der Waals surface area contributed by atoms with Crippen molar-refractivity contribution >= 4 is 28.2 Å². The molecule has 3 heterocycles. The SMILES string of the molecule is C[C@H](OC(=O)c1ccc2ccccc2n1)c1nnc(-c2cccs2)o1. The molecule has 0 fully saturated rings. The Morgan fingerprint density at radius 2 is 2.00 bits per heavy atom. The molecule has 7 heteroatoms. The van der Waals surface area contributed by atoms with Gasteiger partial charge in [-0.3, -0.25) is 0 Å². The van der Waals surface area contributed by atoms with Gasteiger partial charge in [0.2, 0.25) is 0 Å². The van der Waals surface area contributed by atoms with Crippen LogP contribution in [0.2, 0.25) is 0 Å². The minimum Gasteiger partial charge on any atom is -0.448 e. The van der Waals surface area contributed by atoms with Gasteiger partial charge in [0.1, 0.15) is 5.69 Å². The van der Waals surface area contributed by atoms with Crippen molar-refractivity contribution in [3.05, 3.63) is 65.5 Å². The maximum Gasteiger partial charge on any atom is 0.357 e. The van der Waals surface area contributed by atoms with E-state index in [0.717, 1.165) is 15.8 Å². The highest BCUT2D eigenvalue weighted by Gasteiger charge is 2.21. The first-order valence-corrected chi connectivity index (χ1v) is 8.53. The molecule has 4 aromatic rings. The first-order valence-electron chi connectivity index (χ1n) is 7.65. The molecule has 0 saturated heterocycles. The Bertz CT molecular complexity index is 1030. The molecule has 124 valence electrons. The molecule has 0 spiro atoms. The van der Waals surface area contributed by atoms with Gasteiger partial charge in [0, 0.05) is 5.39 Å². The Labute approximate surface area is 147 Å². The van der Waals surface area contributed by atoms with Crippen molar-refractivity contribution in [2.24, 2.45) is 0 Å². The summed E-state index contributed by atoms with van der Waals surface area (Å²) in [6.45, 7) is 1.69. The highest BCUT2D eigenvalue weighted by Crippen LogP contribution is 2.26. The minimum atomic E-state index is -0.665. The lowest BCUT2D eigenvalue weighted by Gasteiger charge is -2.09. The van der Waals surface area contributed by atoms with Gasteiger partial charge in [0.05, 0.1) is 10.4 Å². The number of benzene rings is 1. The lowest BCUT2D eigenvalue weighted by molar-refractivity contribution is 0.0273. The summed E-state index contributed by atoms with van der Waals surface area (Å²) in [6.07, 6.45) is -0.665. The van der Waals surface area contributed by atoms with E-state index in [1.165, 1.54) is 11.3 Å². The van der Waals surface area contributed by atoms with Gasteiger partial charge in [-0.25, -0.2) is 9.78 Å². The summed E-state index contributed by atoms with van der Waals surface area (Å²) in [5.74, 6) is 0.128. The number of rotatable bonds is 4. The monoisotopic (exact) mass is 351 g/mol. The maximum absolute atomic E-state index is 12.3. The predicted molar refractivity (Wildman–Crippen MR) is 93.2 cm³/mol. The van der Waals surface area contributed by atoms with Crippen LogP contribution in [-0.4, -0.2) is 21.2 Å². The quantitative estimate of drug-likeness (QED) is 0.511. The normalized spacial score (nSPS) is 12.2. The van der Waals surface area contributed by atoms with Crippen LogP contribution in [0.3, 0.4) is 0 Å². The number of hydrogen-bond acceptors (Lipinski definition) is 7. The van der Waals surface area contributed by atoms with E-state index in [0.29, 0.717) is 5.89 Å². The van der Waals surface area contributed by atoms with Crippen molar-refractivity contribution in [1.82, 2.24) is 15.2 Å². The highest BCUT2D eigenvalue weighted by atomic mass is 32.1. The van der Waals surface area contributed by atoms with Gasteiger partial charge in [-0.05, 0) is 30.5 Å². The maximum atomic E-state index is 12.3. The molecule has 0 aliphatic rings. The summed E-state index contributed by atoms with van der Waals surface area (Å²) in [4.78, 5) is 17.5. The highest BCUT2D eigenvalue weighted by molar-refractivity contribution is 7.13. The molecule has 25 heavy (non-hydrogen) atoms. The number of carbonyl (C=O) groups is 1. The average molecular weight is 351 g/mol. The van der Waals surface area contributed by atoms with Gasteiger partial charge >= 0.3 is 5.97 Å². The summed E-state index contributed by atoms with van der Waals surface area (Å²) in [7, 11) is 0. The van der Waals surface area contributed by atoms with E-state index in [2.05, 4.69) is 15.2 Å². The third kappa shape index (κ3) is 3.14. The zero-order valence-corrected chi connectivity index (χ0v) is 14.1. The summed E-state index contributed by atoms with van der Waals surface area (Å²) in [5.41, 5.74) is 0.978. The first kappa shape index (κ1) is 15.5. The smallest absolute Gasteiger partial charge is 0.357 e. The van der Waals surface area contributed by atoms with Gasteiger partial charge in [0.15, 0.2) is 6.10 Å². The van der Waals surface area contributed by atoms with Crippen molar-refractivity contribution in [3.63, 3.8) is 0 Å². The summed E-state index contributed by atoms with van der Waals surface area (Å²) in [5, 5.41) is 10.8. The van der Waals surface area contributed by atoms with Crippen LogP contribution in [0.4, 0.5) is 0 Å². The molecule has 4 rings (SSSR count). The van der Waals surface area contributed by atoms with Crippen LogP contribution < -0.4 is 0 Å². The zero-order chi connectivity index (χ0) is 17.2. The first-order chi connectivity index (χ1) is 12.2. The molecule has 0 radical (unpaired) electrons. The van der Waals surface area contributed by atoms with Crippen molar-refractivity contribution in [2.75, 3.05) is 0 Å². The van der Waals surface area contributed by atoms with Crippen LogP contribution >= 0.6 is 11.3 Å². The van der Waals surface area contributed by atoms with E-state index in [9.17, 15) is 4.79 Å². The number of para-hydroxylation sites is 1. The van der Waals surface area contributed by atoms with Crippen LogP contribution in [0.1, 0.15) is 29.4 Å². The molecule has 1 atom stereocenters. The molecule has 0 aliphatic heterocycles. The second-order valence-corrected chi connectivity index (χ2v) is 6.31. The summed E-state index contributed by atoms with van der Waals surface area (Å²) in [6, 6.07) is 14.8. The van der Waals surface area contributed by atoms with E-state index in [1.807, 2.05) is 47.8 Å². The second-order valence-electron chi connectivity index (χ2n) is 5.36. The van der Waals surface area contributed by atoms with Crippen LogP contribution in [-0.2, 0) is 4.74 Å². The Morgan fingerprint density at radius 3 is 2.84 bits per heavy atom. The van der Waals surface area contributed by atoms with Crippen LogP contribution in [0.15, 0.2) is 58.3 Å². The van der Waals surface area contributed by atoms with Crippen molar-refractivity contribution in [2.45, 2.75) is 13.0 Å². The molecule has 0 saturated carbocycles. The summed E-state index contributed by atoms with van der Waals surface area (Å²) < 4.78 is 11.0. The molecular weight excluding hydrogens is 338 g/mol. The lowest BCUT2D eigenvalue weighted by Crippen LogP contribution is -2.11. The molecule has 0 bridgehead atoms. The number of ether oxygens (including phenoxy) is 1. The van der Waals surface area contributed by atoms with Gasteiger partial charge in [0.25, 0.3) is 11.8 Å². The fourth-order valence-corrected chi connectivity index (χ4v) is 2.99. The van der Waals surface area contributed by atoms with Crippen molar-refractivity contribution in [1.29, 1.82) is 0 Å². The fraction of sp³-hybridized carbons (Fsp3) is 0.111. The van der Waals surface area contributed by atoms with Gasteiger partial charge < -0.3 is 9.15 Å². The van der Waals surface area contributed by atoms with Crippen LogP contribution in [0, 0.1) is 0 Å². The van der Waals surface area contributed by atoms with E-state index in [-0.39, 0.29) is 11.6 Å². The topological polar surface area (TPSA) is 78.1 Å². The minimum absolute atomic E-state index is 0.239. The number of carbonyl (C=O) groups excluding carboxylic acids is 1. The molecule has 3 aromatic heterocycles. The number of pyridine rings is 1. The third-order valence-corrected chi connectivity index (χ3v) is 4.47. The van der Waals surface area contributed by atoms with Gasteiger partial charge in [-0.15, -0.1) is 21.5 Å². The predicted octanol–water partition coefficient (Wildman–Crippen LogP) is 4.26. The van der Waals surface area contributed by atoms with Crippen LogP contribution in [0.25, 0.3) is 21.7 Å². The van der Waals surface area contributed by atoms with E-state index < -0.39 is 12.1 Å². The van der Waals surface area contributed by atoms with E-state index >= 15 is 0 Å². The number of esters is 1. The molecule has 0 N–H and O–H groups in total. The average Bonchev–Trinajstić information content (AvgIpc) is 3.32. The molecule has 0 amide bonds. The number of fused-ring (bicyclic) bond motifs is 1. The number of aromatic nitrogens is 3. The largest absolute Gasteiger partial charge is 0.448 e. The molecule has 0 aliphatic carbocycles. The fourth-order valence-electron chi connectivity index (χ4n) is 2.35. The Morgan fingerprint density at radius 1 is 1.12 bits per heavy atom. The molecule has 0 unspecified atom stereocenters. The van der Waals surface area contributed by atoms with Crippen molar-refractivity contribution in [3.8, 4) is 10.8 Å². The van der Waals surface area contributed by atoms with Crippen LogP contribution in [0.5, 0.6) is 0 Å². The Hall–Kier alpha value is -3.06. The lowest BCUT2D eigenvalue weighted by atomic mass is 10.2. The Kier molecular flexibility index (Phi) is 3.99. The molecule has 6 nitrogen and oxygen atoms in total. The number of thiophene rings is 1. The van der Waals surface area contributed by atoms with Crippen molar-refractivity contribution < 1.29 is 13.9 Å². The van der Waals surface area contributed by atoms with Gasteiger partial charge in [-0.2, -0.15) is 0 Å². The summed E-state index contributed by atoms with van der Waals surface area (Å²) >= 11 is 1.50. The molecule has 1 aromatic carbocycles. The van der Waals surface area contributed by atoms with E-state index in [1.54, 1.807) is 13.0 Å². The standard InChI is InChI=1S/C18H13N3O3S/c1-11(16-20-21-17(24-16)15-7-4-10-25-15)23-18(22)14-9-8-12-5-2-3-6-13(12)19-14/h2-11H,1H3/t11-/m0/s1.